The fraction of sp³-hybridized carbons (Fsp3) is 0.600. The molecule has 3 rings (SSSR count). The number of hydrogen-bond acceptors (Lipinski definition) is 3. The molecule has 2 fully saturated rings. The summed E-state index contributed by atoms with van der Waals surface area (Å²) in [5.41, 5.74) is 0.828. The van der Waals surface area contributed by atoms with Gasteiger partial charge in [-0.25, -0.2) is 4.79 Å². The van der Waals surface area contributed by atoms with Crippen LogP contribution in [0.1, 0.15) is 61.4 Å². The summed E-state index contributed by atoms with van der Waals surface area (Å²) in [6.45, 7) is 4.56. The number of benzene rings is 1. The van der Waals surface area contributed by atoms with Crippen LogP contribution in [-0.2, 0) is 4.74 Å². The first-order chi connectivity index (χ1) is 12.9. The van der Waals surface area contributed by atoms with Crippen LogP contribution in [0.3, 0.4) is 0 Å². The van der Waals surface area contributed by atoms with Crippen molar-refractivity contribution < 1.29 is 14.3 Å². The molecule has 1 aromatic rings. The smallest absolute Gasteiger partial charge is 0.410 e. The third-order valence-electron chi connectivity index (χ3n) is 5.92. The maximum absolute atomic E-state index is 13.0. The van der Waals surface area contributed by atoms with Gasteiger partial charge in [0.1, 0.15) is 0 Å². The molecule has 0 bridgehead atoms. The number of carbonyl (C=O) groups excluding carboxylic acids is 2. The predicted molar refractivity (Wildman–Crippen MR) is 107 cm³/mol. The Labute approximate surface area is 170 Å². The fourth-order valence-electron chi connectivity index (χ4n) is 4.54. The Morgan fingerprint density at radius 2 is 1.96 bits per heavy atom. The van der Waals surface area contributed by atoms with Crippen molar-refractivity contribution in [1.29, 1.82) is 0 Å². The second-order valence-corrected chi connectivity index (χ2v) is 8.15. The van der Waals surface area contributed by atoms with E-state index in [0.717, 1.165) is 38.5 Å². The maximum atomic E-state index is 13.0. The highest BCUT2D eigenvalue weighted by molar-refractivity contribution is 6.42. The zero-order valence-electron chi connectivity index (χ0n) is 15.8. The van der Waals surface area contributed by atoms with E-state index in [1.54, 1.807) is 19.1 Å². The zero-order chi connectivity index (χ0) is 19.6. The number of amides is 2. The lowest BCUT2D eigenvalue weighted by Crippen LogP contribution is -2.59. The largest absolute Gasteiger partial charge is 0.450 e. The van der Waals surface area contributed by atoms with Crippen LogP contribution in [0.2, 0.25) is 10.0 Å². The summed E-state index contributed by atoms with van der Waals surface area (Å²) in [7, 11) is 0. The molecule has 0 radical (unpaired) electrons. The maximum Gasteiger partial charge on any atom is 0.410 e. The molecule has 148 valence electrons. The van der Waals surface area contributed by atoms with Crippen molar-refractivity contribution in [3.05, 3.63) is 33.3 Å². The van der Waals surface area contributed by atoms with E-state index >= 15 is 0 Å². The number of carbonyl (C=O) groups is 2. The van der Waals surface area contributed by atoms with Gasteiger partial charge in [0.2, 0.25) is 0 Å². The van der Waals surface area contributed by atoms with Gasteiger partial charge in [0.05, 0.1) is 28.2 Å². The molecule has 1 spiro atoms. The van der Waals surface area contributed by atoms with Crippen molar-refractivity contribution in [1.82, 2.24) is 10.2 Å². The van der Waals surface area contributed by atoms with E-state index in [2.05, 4.69) is 5.32 Å². The minimum Gasteiger partial charge on any atom is -0.450 e. The van der Waals surface area contributed by atoms with Crippen molar-refractivity contribution in [3.63, 3.8) is 0 Å². The Morgan fingerprint density at radius 1 is 1.26 bits per heavy atom. The SMILES string of the molecule is CCOC(=O)N1CCC(NC(=O)c2ccc(Cl)c(Cl)c2C)C12CCCCC2. The quantitative estimate of drug-likeness (QED) is 0.762. The lowest BCUT2D eigenvalue weighted by molar-refractivity contribution is 0.0439. The van der Waals surface area contributed by atoms with E-state index in [-0.39, 0.29) is 23.6 Å². The number of halogens is 2. The Hall–Kier alpha value is -1.46. The Balaban J connectivity index is 1.84. The standard InChI is InChI=1S/C20H26Cl2N2O3/c1-3-27-19(26)24-12-9-16(20(24)10-5-4-6-11-20)23-18(25)14-7-8-15(21)17(22)13(14)2/h7-8,16H,3-6,9-12H2,1-2H3,(H,23,25). The molecule has 5 nitrogen and oxygen atoms in total. The summed E-state index contributed by atoms with van der Waals surface area (Å²) in [5, 5.41) is 4.01. The second-order valence-electron chi connectivity index (χ2n) is 7.36. The van der Waals surface area contributed by atoms with Gasteiger partial charge in [-0.2, -0.15) is 0 Å². The molecule has 0 aromatic heterocycles. The van der Waals surface area contributed by atoms with Gasteiger partial charge in [-0.15, -0.1) is 0 Å². The number of likely N-dealkylation sites (tertiary alicyclic amines) is 1. The van der Waals surface area contributed by atoms with Gasteiger partial charge < -0.3 is 15.0 Å². The molecule has 1 atom stereocenters. The number of ether oxygens (including phenoxy) is 1. The molecule has 2 aliphatic rings. The molecule has 1 aliphatic carbocycles. The third-order valence-corrected chi connectivity index (χ3v) is 6.82. The minimum absolute atomic E-state index is 0.0939. The van der Waals surface area contributed by atoms with Crippen LogP contribution in [0.25, 0.3) is 0 Å². The average molecular weight is 413 g/mol. The Bertz CT molecular complexity index is 732. The van der Waals surface area contributed by atoms with Crippen molar-refractivity contribution in [2.45, 2.75) is 64.0 Å². The number of nitrogens with one attached hydrogen (secondary N) is 1. The summed E-state index contributed by atoms with van der Waals surface area (Å²) in [4.78, 5) is 27.3. The summed E-state index contributed by atoms with van der Waals surface area (Å²) in [6, 6.07) is 3.25. The van der Waals surface area contributed by atoms with Gasteiger partial charge in [0, 0.05) is 12.1 Å². The topological polar surface area (TPSA) is 58.6 Å². The molecule has 1 saturated heterocycles. The average Bonchev–Trinajstić information content (AvgIpc) is 2.98. The van der Waals surface area contributed by atoms with Crippen molar-refractivity contribution in [2.24, 2.45) is 0 Å². The normalized spacial score (nSPS) is 21.3. The number of hydrogen-bond donors (Lipinski definition) is 1. The van der Waals surface area contributed by atoms with Crippen LogP contribution >= 0.6 is 23.2 Å². The molecule has 1 aliphatic heterocycles. The van der Waals surface area contributed by atoms with E-state index in [1.165, 1.54) is 0 Å². The fourth-order valence-corrected chi connectivity index (χ4v) is 4.90. The molecule has 2 amide bonds. The summed E-state index contributed by atoms with van der Waals surface area (Å²) < 4.78 is 5.28. The summed E-state index contributed by atoms with van der Waals surface area (Å²) in [6.07, 6.45) is 5.48. The Kier molecular flexibility index (Phi) is 6.21. The number of rotatable bonds is 3. The summed E-state index contributed by atoms with van der Waals surface area (Å²) in [5.74, 6) is -0.174. The minimum atomic E-state index is -0.357. The first-order valence-corrected chi connectivity index (χ1v) is 10.4. The zero-order valence-corrected chi connectivity index (χ0v) is 17.3. The third kappa shape index (κ3) is 3.77. The van der Waals surface area contributed by atoms with Crippen LogP contribution in [0.4, 0.5) is 4.79 Å². The highest BCUT2D eigenvalue weighted by atomic mass is 35.5. The first kappa shape index (κ1) is 20.3. The molecule has 1 unspecified atom stereocenters. The van der Waals surface area contributed by atoms with Crippen LogP contribution in [0.15, 0.2) is 12.1 Å². The molecule has 1 N–H and O–H groups in total. The lowest BCUT2D eigenvalue weighted by atomic mass is 9.76. The van der Waals surface area contributed by atoms with Gasteiger partial charge in [-0.1, -0.05) is 42.5 Å². The van der Waals surface area contributed by atoms with E-state index in [9.17, 15) is 9.59 Å². The van der Waals surface area contributed by atoms with Crippen molar-refractivity contribution in [2.75, 3.05) is 13.2 Å². The number of nitrogens with zero attached hydrogens (tertiary/aromatic N) is 1. The molecular weight excluding hydrogens is 387 g/mol. The molecule has 27 heavy (non-hydrogen) atoms. The van der Waals surface area contributed by atoms with E-state index < -0.39 is 0 Å². The highest BCUT2D eigenvalue weighted by Crippen LogP contribution is 2.42. The molecule has 1 saturated carbocycles. The van der Waals surface area contributed by atoms with E-state index in [1.807, 2.05) is 11.8 Å². The molecule has 1 aromatic carbocycles. The van der Waals surface area contributed by atoms with Gasteiger partial charge >= 0.3 is 6.09 Å². The van der Waals surface area contributed by atoms with Gasteiger partial charge in [0.15, 0.2) is 0 Å². The van der Waals surface area contributed by atoms with Crippen molar-refractivity contribution >= 4 is 35.2 Å². The van der Waals surface area contributed by atoms with Crippen LogP contribution in [0, 0.1) is 6.92 Å². The monoisotopic (exact) mass is 412 g/mol. The van der Waals surface area contributed by atoms with Crippen LogP contribution in [0.5, 0.6) is 0 Å². The first-order valence-electron chi connectivity index (χ1n) is 9.60. The van der Waals surface area contributed by atoms with Crippen molar-refractivity contribution in [3.8, 4) is 0 Å². The van der Waals surface area contributed by atoms with Crippen LogP contribution < -0.4 is 5.32 Å². The summed E-state index contributed by atoms with van der Waals surface area (Å²) >= 11 is 12.2. The van der Waals surface area contributed by atoms with Gasteiger partial charge in [-0.05, 0) is 50.8 Å². The molecule has 1 heterocycles. The lowest BCUT2D eigenvalue weighted by Gasteiger charge is -2.44. The van der Waals surface area contributed by atoms with E-state index in [4.69, 9.17) is 27.9 Å². The van der Waals surface area contributed by atoms with Crippen LogP contribution in [-0.4, -0.2) is 41.6 Å². The molecular formula is C20H26Cl2N2O3. The molecule has 7 heteroatoms. The van der Waals surface area contributed by atoms with Gasteiger partial charge in [0.25, 0.3) is 5.91 Å². The predicted octanol–water partition coefficient (Wildman–Crippen LogP) is 4.97. The van der Waals surface area contributed by atoms with Gasteiger partial charge in [-0.3, -0.25) is 4.79 Å². The highest BCUT2D eigenvalue weighted by Gasteiger charge is 2.52. The van der Waals surface area contributed by atoms with E-state index in [0.29, 0.717) is 34.3 Å². The Morgan fingerprint density at radius 3 is 2.63 bits per heavy atom. The second kappa shape index (κ2) is 8.27.